The van der Waals surface area contributed by atoms with Crippen molar-refractivity contribution in [3.8, 4) is 23.7 Å². The number of halogens is 3. The van der Waals surface area contributed by atoms with Crippen LogP contribution in [0.4, 0.5) is 18.9 Å². The number of rotatable bonds is 1. The first-order valence-corrected chi connectivity index (χ1v) is 11.3. The molecule has 0 spiro atoms. The number of nitro benzene ring substituents is 1. The molecule has 0 unspecified atom stereocenters. The molecule has 2 aliphatic carbocycles. The zero-order valence-corrected chi connectivity index (χ0v) is 18.3. The van der Waals surface area contributed by atoms with Crippen molar-refractivity contribution in [2.75, 3.05) is 0 Å². The lowest BCUT2D eigenvalue weighted by Gasteiger charge is -2.05. The first-order chi connectivity index (χ1) is 15.8. The predicted molar refractivity (Wildman–Crippen MR) is 122 cm³/mol. The lowest BCUT2D eigenvalue weighted by atomic mass is 10.1. The van der Waals surface area contributed by atoms with Gasteiger partial charge in [-0.05, 0) is 56.0 Å². The predicted octanol–water partition coefficient (Wildman–Crippen LogP) is 7.38. The molecule has 0 heterocycles. The van der Waals surface area contributed by atoms with Crippen molar-refractivity contribution in [3.63, 3.8) is 0 Å². The molecule has 33 heavy (non-hydrogen) atoms. The van der Waals surface area contributed by atoms with E-state index in [4.69, 9.17) is 0 Å². The Bertz CT molecular complexity index is 1060. The molecule has 2 aromatic rings. The molecule has 172 valence electrons. The highest BCUT2D eigenvalue weighted by molar-refractivity contribution is 5.50. The molecule has 2 aliphatic rings. The third-order valence-electron chi connectivity index (χ3n) is 5.85. The van der Waals surface area contributed by atoms with E-state index < -0.39 is 11.7 Å². The van der Waals surface area contributed by atoms with Crippen molar-refractivity contribution in [2.24, 2.45) is 11.8 Å². The van der Waals surface area contributed by atoms with Gasteiger partial charge >= 0.3 is 6.18 Å². The van der Waals surface area contributed by atoms with Crippen LogP contribution in [0.25, 0.3) is 0 Å². The number of hydrogen-bond donors (Lipinski definition) is 0. The van der Waals surface area contributed by atoms with Crippen molar-refractivity contribution in [1.82, 2.24) is 0 Å². The number of nitro groups is 1. The minimum atomic E-state index is -4.27. The quantitative estimate of drug-likeness (QED) is 0.257. The van der Waals surface area contributed by atoms with Crippen LogP contribution in [0.2, 0.25) is 0 Å². The van der Waals surface area contributed by atoms with E-state index in [1.165, 1.54) is 43.9 Å². The average Bonchev–Trinajstić information content (AvgIpc) is 3.51. The Labute approximate surface area is 192 Å². The van der Waals surface area contributed by atoms with E-state index in [9.17, 15) is 23.3 Å². The van der Waals surface area contributed by atoms with Crippen LogP contribution < -0.4 is 0 Å². The Morgan fingerprint density at radius 3 is 1.82 bits per heavy atom. The smallest absolute Gasteiger partial charge is 0.258 e. The monoisotopic (exact) mass is 453 g/mol. The zero-order valence-electron chi connectivity index (χ0n) is 18.3. The van der Waals surface area contributed by atoms with Crippen molar-refractivity contribution in [3.05, 3.63) is 75.3 Å². The fourth-order valence-corrected chi connectivity index (χ4v) is 3.99. The third-order valence-corrected chi connectivity index (χ3v) is 5.85. The maximum Gasteiger partial charge on any atom is 0.416 e. The molecule has 2 fully saturated rings. The van der Waals surface area contributed by atoms with Gasteiger partial charge in [-0.25, -0.2) is 0 Å². The van der Waals surface area contributed by atoms with Gasteiger partial charge in [0.05, 0.1) is 10.5 Å². The molecule has 0 aromatic heterocycles. The van der Waals surface area contributed by atoms with Gasteiger partial charge in [0.15, 0.2) is 0 Å². The molecule has 0 aliphatic heterocycles. The highest BCUT2D eigenvalue weighted by Gasteiger charge is 2.29. The van der Waals surface area contributed by atoms with Crippen LogP contribution in [0.5, 0.6) is 0 Å². The summed E-state index contributed by atoms with van der Waals surface area (Å²) in [6.07, 6.45) is 5.13. The van der Waals surface area contributed by atoms with Gasteiger partial charge in [-0.2, -0.15) is 13.2 Å². The zero-order chi connectivity index (χ0) is 23.7. The lowest BCUT2D eigenvalue weighted by molar-refractivity contribution is -0.385. The van der Waals surface area contributed by atoms with Crippen molar-refractivity contribution in [2.45, 2.75) is 57.5 Å². The SMILES string of the molecule is FC(F)(F)c1ccc(C#CC2CCCC2)cc1.O=[N+]([O-])c1ccccc1C#CC1CCCC1. The Morgan fingerprint density at radius 1 is 0.788 bits per heavy atom. The van der Waals surface area contributed by atoms with Crippen molar-refractivity contribution < 1.29 is 18.1 Å². The number of hydrogen-bond acceptors (Lipinski definition) is 2. The highest BCUT2D eigenvalue weighted by Crippen LogP contribution is 2.29. The molecule has 0 N–H and O–H groups in total. The molecule has 6 heteroatoms. The summed E-state index contributed by atoms with van der Waals surface area (Å²) in [5.74, 6) is 13.0. The first-order valence-electron chi connectivity index (χ1n) is 11.3. The second kappa shape index (κ2) is 11.6. The molecule has 2 saturated carbocycles. The Hall–Kier alpha value is -3.25. The summed E-state index contributed by atoms with van der Waals surface area (Å²) in [5, 5.41) is 10.8. The Morgan fingerprint density at radius 2 is 1.30 bits per heavy atom. The Kier molecular flexibility index (Phi) is 8.55. The molecule has 0 bridgehead atoms. The second-order valence-corrected chi connectivity index (χ2v) is 8.35. The van der Waals surface area contributed by atoms with E-state index >= 15 is 0 Å². The number of benzene rings is 2. The van der Waals surface area contributed by atoms with E-state index in [-0.39, 0.29) is 10.6 Å². The standard InChI is InChI=1S/C14H13F3.C13H13NO2/c15-14(16,17)13-9-7-12(8-10-13)6-5-11-3-1-2-4-11;15-14(16)13-8-4-3-7-12(13)10-9-11-5-1-2-6-11/h7-11H,1-4H2;3-4,7-8,11H,1-2,5-6H2. The van der Waals surface area contributed by atoms with Crippen LogP contribution in [0.15, 0.2) is 48.5 Å². The lowest BCUT2D eigenvalue weighted by Crippen LogP contribution is -2.04. The third kappa shape index (κ3) is 7.68. The maximum atomic E-state index is 12.3. The number of para-hydroxylation sites is 1. The number of alkyl halides is 3. The molecular formula is C27H26F3NO2. The molecular weight excluding hydrogens is 427 g/mol. The summed E-state index contributed by atoms with van der Waals surface area (Å²) in [4.78, 5) is 10.4. The summed E-state index contributed by atoms with van der Waals surface area (Å²) in [6, 6.07) is 11.7. The summed E-state index contributed by atoms with van der Waals surface area (Å²) in [7, 11) is 0. The van der Waals surface area contributed by atoms with Gasteiger partial charge in [-0.3, -0.25) is 10.1 Å². The van der Waals surface area contributed by atoms with Crippen LogP contribution in [-0.2, 0) is 6.18 Å². The fourth-order valence-electron chi connectivity index (χ4n) is 3.99. The van der Waals surface area contributed by atoms with Gasteiger partial charge in [0, 0.05) is 23.5 Å². The normalized spacial score (nSPS) is 16.1. The largest absolute Gasteiger partial charge is 0.416 e. The molecule has 0 radical (unpaired) electrons. The van der Waals surface area contributed by atoms with Gasteiger partial charge in [0.25, 0.3) is 5.69 Å². The van der Waals surface area contributed by atoms with Gasteiger partial charge in [-0.1, -0.05) is 61.5 Å². The average molecular weight is 454 g/mol. The fraction of sp³-hybridized carbons (Fsp3) is 0.407. The van der Waals surface area contributed by atoms with Crippen LogP contribution in [0.1, 0.15) is 68.1 Å². The first kappa shape index (κ1) is 24.4. The highest BCUT2D eigenvalue weighted by atomic mass is 19.4. The van der Waals surface area contributed by atoms with E-state index in [1.54, 1.807) is 18.2 Å². The molecule has 3 nitrogen and oxygen atoms in total. The van der Waals surface area contributed by atoms with E-state index in [0.29, 0.717) is 23.0 Å². The summed E-state index contributed by atoms with van der Waals surface area (Å²) in [5.41, 5.74) is 0.668. The van der Waals surface area contributed by atoms with Crippen molar-refractivity contribution in [1.29, 1.82) is 0 Å². The molecule has 2 aromatic carbocycles. The molecule has 0 atom stereocenters. The van der Waals surface area contributed by atoms with Crippen LogP contribution >= 0.6 is 0 Å². The summed E-state index contributed by atoms with van der Waals surface area (Å²) in [6.45, 7) is 0. The Balaban J connectivity index is 0.000000186. The van der Waals surface area contributed by atoms with Gasteiger partial charge < -0.3 is 0 Å². The molecule has 0 saturated heterocycles. The second-order valence-electron chi connectivity index (χ2n) is 8.35. The minimum absolute atomic E-state index is 0.105. The topological polar surface area (TPSA) is 43.1 Å². The summed E-state index contributed by atoms with van der Waals surface area (Å²) < 4.78 is 36.9. The van der Waals surface area contributed by atoms with Crippen molar-refractivity contribution >= 4 is 5.69 Å². The van der Waals surface area contributed by atoms with E-state index in [2.05, 4.69) is 23.7 Å². The van der Waals surface area contributed by atoms with Gasteiger partial charge in [-0.15, -0.1) is 0 Å². The summed E-state index contributed by atoms with van der Waals surface area (Å²) >= 11 is 0. The minimum Gasteiger partial charge on any atom is -0.258 e. The van der Waals surface area contributed by atoms with E-state index in [1.807, 2.05) is 0 Å². The van der Waals surface area contributed by atoms with E-state index in [0.717, 1.165) is 37.8 Å². The number of nitrogens with zero attached hydrogens (tertiary/aromatic N) is 1. The molecule has 4 rings (SSSR count). The van der Waals surface area contributed by atoms with Crippen LogP contribution in [-0.4, -0.2) is 4.92 Å². The maximum absolute atomic E-state index is 12.3. The van der Waals surface area contributed by atoms with Crippen LogP contribution in [0.3, 0.4) is 0 Å². The molecule has 0 amide bonds. The van der Waals surface area contributed by atoms with Gasteiger partial charge in [0.1, 0.15) is 5.56 Å². The van der Waals surface area contributed by atoms with Gasteiger partial charge in [0.2, 0.25) is 0 Å². The van der Waals surface area contributed by atoms with Crippen LogP contribution in [0, 0.1) is 45.6 Å².